The van der Waals surface area contributed by atoms with E-state index in [1.807, 2.05) is 6.92 Å². The van der Waals surface area contributed by atoms with Gasteiger partial charge in [0.15, 0.2) is 16.9 Å². The zero-order valence-corrected chi connectivity index (χ0v) is 17.7. The van der Waals surface area contributed by atoms with Crippen LogP contribution in [0.25, 0.3) is 11.2 Å². The molecule has 0 atom stereocenters. The minimum atomic E-state index is -0.524. The molecule has 0 aliphatic carbocycles. The number of amides is 1. The highest BCUT2D eigenvalue weighted by molar-refractivity contribution is 9.10. The second kappa shape index (κ2) is 7.80. The molecule has 0 fully saturated rings. The Kier molecular flexibility index (Phi) is 5.61. The summed E-state index contributed by atoms with van der Waals surface area (Å²) in [5.74, 6) is 0.0411. The van der Waals surface area contributed by atoms with E-state index in [9.17, 15) is 14.4 Å². The number of aryl methyl sites for hydroxylation is 1. The molecule has 148 valence electrons. The van der Waals surface area contributed by atoms with E-state index in [1.165, 1.54) is 29.6 Å². The molecule has 0 saturated carbocycles. The quantitative estimate of drug-likeness (QED) is 0.614. The summed E-state index contributed by atoms with van der Waals surface area (Å²) in [5.41, 5.74) is -0.240. The van der Waals surface area contributed by atoms with Gasteiger partial charge >= 0.3 is 5.69 Å². The number of anilines is 1. The summed E-state index contributed by atoms with van der Waals surface area (Å²) < 4.78 is 9.79. The van der Waals surface area contributed by atoms with Crippen molar-refractivity contribution in [3.8, 4) is 5.75 Å². The van der Waals surface area contributed by atoms with Gasteiger partial charge in [0.2, 0.25) is 5.91 Å². The van der Waals surface area contributed by atoms with Crippen molar-refractivity contribution < 1.29 is 9.53 Å². The average molecular weight is 471 g/mol. The lowest BCUT2D eigenvalue weighted by molar-refractivity contribution is -0.116. The van der Waals surface area contributed by atoms with Crippen LogP contribution in [0.15, 0.2) is 32.5 Å². The summed E-state index contributed by atoms with van der Waals surface area (Å²) in [7, 11) is 2.89. The van der Waals surface area contributed by atoms with Gasteiger partial charge in [-0.1, -0.05) is 11.6 Å². The van der Waals surface area contributed by atoms with Gasteiger partial charge in [-0.25, -0.2) is 9.78 Å². The van der Waals surface area contributed by atoms with Crippen LogP contribution >= 0.6 is 27.5 Å². The molecule has 1 N–H and O–H groups in total. The van der Waals surface area contributed by atoms with E-state index in [-0.39, 0.29) is 17.7 Å². The molecule has 2 aromatic heterocycles. The van der Waals surface area contributed by atoms with Crippen LogP contribution in [-0.2, 0) is 25.4 Å². The average Bonchev–Trinajstić information content (AvgIpc) is 3.04. The molecule has 1 amide bonds. The Morgan fingerprint density at radius 3 is 2.68 bits per heavy atom. The van der Waals surface area contributed by atoms with Crippen LogP contribution in [0.4, 0.5) is 5.69 Å². The number of aromatic nitrogens is 4. The minimum absolute atomic E-state index is 0.164. The number of hydrogen-bond donors (Lipinski definition) is 1. The molecule has 11 heteroatoms. The lowest BCUT2D eigenvalue weighted by atomic mass is 10.3. The highest BCUT2D eigenvalue weighted by atomic mass is 79.9. The molecule has 0 bridgehead atoms. The molecule has 1 aromatic carbocycles. The van der Waals surface area contributed by atoms with E-state index in [0.717, 1.165) is 4.57 Å². The monoisotopic (exact) mass is 469 g/mol. The number of fused-ring (bicyclic) bond motifs is 1. The predicted molar refractivity (Wildman–Crippen MR) is 109 cm³/mol. The summed E-state index contributed by atoms with van der Waals surface area (Å²) in [6.45, 7) is 2.04. The van der Waals surface area contributed by atoms with Crippen molar-refractivity contribution in [2.24, 2.45) is 14.1 Å². The number of imidazole rings is 1. The number of carbonyl (C=O) groups excluding carboxylic acids is 1. The van der Waals surface area contributed by atoms with Crippen LogP contribution < -0.4 is 21.3 Å². The highest BCUT2D eigenvalue weighted by Gasteiger charge is 2.17. The summed E-state index contributed by atoms with van der Waals surface area (Å²) in [4.78, 5) is 41.2. The van der Waals surface area contributed by atoms with Gasteiger partial charge in [0, 0.05) is 19.1 Å². The number of hydrogen-bond acceptors (Lipinski definition) is 5. The second-order valence-electron chi connectivity index (χ2n) is 6.00. The molecule has 28 heavy (non-hydrogen) atoms. The smallest absolute Gasteiger partial charge is 0.332 e. The third-order valence-corrected chi connectivity index (χ3v) is 4.91. The Labute approximate surface area is 172 Å². The fourth-order valence-corrected chi connectivity index (χ4v) is 3.73. The number of nitrogens with one attached hydrogen (secondary N) is 1. The van der Waals surface area contributed by atoms with E-state index >= 15 is 0 Å². The molecule has 0 spiro atoms. The maximum atomic E-state index is 12.6. The number of nitrogens with zero attached hydrogens (tertiary/aromatic N) is 4. The Balaban J connectivity index is 1.96. The first-order chi connectivity index (χ1) is 13.2. The highest BCUT2D eigenvalue weighted by Crippen LogP contribution is 2.36. The van der Waals surface area contributed by atoms with Gasteiger partial charge in [-0.2, -0.15) is 0 Å². The summed E-state index contributed by atoms with van der Waals surface area (Å²) in [5, 5.41) is 3.15. The maximum absolute atomic E-state index is 12.6. The lowest BCUT2D eigenvalue weighted by Crippen LogP contribution is -2.37. The van der Waals surface area contributed by atoms with Crippen LogP contribution in [-0.4, -0.2) is 31.2 Å². The van der Waals surface area contributed by atoms with E-state index in [0.29, 0.717) is 27.5 Å². The van der Waals surface area contributed by atoms with Gasteiger partial charge < -0.3 is 14.6 Å². The summed E-state index contributed by atoms with van der Waals surface area (Å²) in [6, 6.07) is 3.24. The van der Waals surface area contributed by atoms with E-state index < -0.39 is 17.2 Å². The van der Waals surface area contributed by atoms with Crippen molar-refractivity contribution in [2.45, 2.75) is 13.5 Å². The summed E-state index contributed by atoms with van der Waals surface area (Å²) >= 11 is 9.43. The molecule has 0 aliphatic rings. The first-order valence-electron chi connectivity index (χ1n) is 8.27. The van der Waals surface area contributed by atoms with Crippen molar-refractivity contribution in [3.63, 3.8) is 0 Å². The Bertz CT molecular complexity index is 1200. The number of rotatable bonds is 5. The van der Waals surface area contributed by atoms with Crippen LogP contribution in [0.1, 0.15) is 6.92 Å². The number of halogens is 2. The van der Waals surface area contributed by atoms with Gasteiger partial charge in [-0.05, 0) is 35.0 Å². The van der Waals surface area contributed by atoms with Gasteiger partial charge in [-0.3, -0.25) is 18.7 Å². The van der Waals surface area contributed by atoms with Gasteiger partial charge in [0.25, 0.3) is 5.56 Å². The van der Waals surface area contributed by atoms with Crippen molar-refractivity contribution in [3.05, 3.63) is 48.8 Å². The summed E-state index contributed by atoms with van der Waals surface area (Å²) in [6.07, 6.45) is 1.35. The zero-order valence-electron chi connectivity index (χ0n) is 15.3. The van der Waals surface area contributed by atoms with Crippen LogP contribution in [0.2, 0.25) is 5.02 Å². The van der Waals surface area contributed by atoms with Crippen molar-refractivity contribution in [1.82, 2.24) is 18.7 Å². The van der Waals surface area contributed by atoms with Crippen molar-refractivity contribution in [1.29, 1.82) is 0 Å². The molecule has 0 aliphatic heterocycles. The van der Waals surface area contributed by atoms with E-state index in [4.69, 9.17) is 16.3 Å². The molecule has 2 heterocycles. The SMILES string of the molecule is CCOc1c(Br)cc(Cl)cc1NC(=O)Cn1cnc2c1c(=O)n(C)c(=O)n2C. The lowest BCUT2D eigenvalue weighted by Gasteiger charge is -2.14. The first kappa shape index (κ1) is 20.2. The van der Waals surface area contributed by atoms with Gasteiger partial charge in [-0.15, -0.1) is 0 Å². The van der Waals surface area contributed by atoms with Crippen molar-refractivity contribution >= 4 is 50.3 Å². The van der Waals surface area contributed by atoms with E-state index in [2.05, 4.69) is 26.2 Å². The molecule has 0 saturated heterocycles. The fraction of sp³-hybridized carbons (Fsp3) is 0.294. The Morgan fingerprint density at radius 2 is 2.00 bits per heavy atom. The van der Waals surface area contributed by atoms with Crippen LogP contribution in [0, 0.1) is 0 Å². The largest absolute Gasteiger partial charge is 0.491 e. The number of carbonyl (C=O) groups is 1. The second-order valence-corrected chi connectivity index (χ2v) is 7.29. The zero-order chi connectivity index (χ0) is 20.6. The molecule has 3 rings (SSSR count). The third kappa shape index (κ3) is 3.57. The molecule has 3 aromatic rings. The van der Waals surface area contributed by atoms with Gasteiger partial charge in [0.05, 0.1) is 23.1 Å². The molecule has 0 unspecified atom stereocenters. The fourth-order valence-electron chi connectivity index (χ4n) is 2.81. The number of ether oxygens (including phenoxy) is 1. The Hall–Kier alpha value is -2.59. The van der Waals surface area contributed by atoms with Gasteiger partial charge in [0.1, 0.15) is 6.54 Å². The van der Waals surface area contributed by atoms with E-state index in [1.54, 1.807) is 12.1 Å². The maximum Gasteiger partial charge on any atom is 0.332 e. The minimum Gasteiger partial charge on any atom is -0.491 e. The van der Waals surface area contributed by atoms with Crippen LogP contribution in [0.3, 0.4) is 0 Å². The Morgan fingerprint density at radius 1 is 1.29 bits per heavy atom. The molecule has 9 nitrogen and oxygen atoms in total. The van der Waals surface area contributed by atoms with Crippen LogP contribution in [0.5, 0.6) is 5.75 Å². The normalized spacial score (nSPS) is 11.0. The topological polar surface area (TPSA) is 100 Å². The first-order valence-corrected chi connectivity index (χ1v) is 9.44. The number of benzene rings is 1. The van der Waals surface area contributed by atoms with Crippen molar-refractivity contribution in [2.75, 3.05) is 11.9 Å². The molecule has 0 radical (unpaired) electrons. The predicted octanol–water partition coefficient (Wildman–Crippen LogP) is 1.89. The standard InChI is InChI=1S/C17H17BrClN5O4/c1-4-28-14-10(18)5-9(19)6-11(14)21-12(25)7-24-8-20-15-13(24)16(26)23(3)17(27)22(15)2/h5-6,8H,4,7H2,1-3H3,(H,21,25). The molecular weight excluding hydrogens is 454 g/mol. The third-order valence-electron chi connectivity index (χ3n) is 4.10. The molecular formula is C17H17BrClN5O4.